The predicted molar refractivity (Wildman–Crippen MR) is 136 cm³/mol. The first-order chi connectivity index (χ1) is 16.6. The van der Waals surface area contributed by atoms with Crippen molar-refractivity contribution in [3.8, 4) is 11.4 Å². The molecule has 2 aliphatic rings. The lowest BCUT2D eigenvalue weighted by Crippen LogP contribution is -2.44. The zero-order chi connectivity index (χ0) is 23.7. The number of carbonyl (C=O) groups is 1. The van der Waals surface area contributed by atoms with E-state index < -0.39 is 0 Å². The van der Waals surface area contributed by atoms with Crippen molar-refractivity contribution in [2.45, 2.75) is 49.4 Å². The van der Waals surface area contributed by atoms with E-state index in [0.717, 1.165) is 35.9 Å². The second-order valence-corrected chi connectivity index (χ2v) is 11.1. The minimum absolute atomic E-state index is 0.0433. The number of morpholine rings is 1. The Morgan fingerprint density at radius 3 is 2.79 bits per heavy atom. The number of ether oxygens (including phenoxy) is 2. The summed E-state index contributed by atoms with van der Waals surface area (Å²) in [5, 5.41) is 0.898. The van der Waals surface area contributed by atoms with Crippen LogP contribution in [-0.4, -0.2) is 59.0 Å². The van der Waals surface area contributed by atoms with Crippen LogP contribution < -0.4 is 10.3 Å². The summed E-state index contributed by atoms with van der Waals surface area (Å²) in [6.07, 6.45) is 5.36. The van der Waals surface area contributed by atoms with Crippen LogP contribution in [0.4, 0.5) is 0 Å². The van der Waals surface area contributed by atoms with Crippen LogP contribution >= 0.6 is 23.1 Å². The molecule has 1 atom stereocenters. The summed E-state index contributed by atoms with van der Waals surface area (Å²) in [5.74, 6) is 0.712. The van der Waals surface area contributed by atoms with Crippen molar-refractivity contribution in [3.63, 3.8) is 0 Å². The Morgan fingerprint density at radius 1 is 1.21 bits per heavy atom. The molecule has 1 unspecified atom stereocenters. The molecule has 0 N–H and O–H groups in total. The van der Waals surface area contributed by atoms with Crippen molar-refractivity contribution in [2.75, 3.05) is 33.4 Å². The van der Waals surface area contributed by atoms with Gasteiger partial charge in [-0.05, 0) is 50.3 Å². The number of benzene rings is 1. The van der Waals surface area contributed by atoms with E-state index in [1.54, 1.807) is 23.0 Å². The molecule has 1 saturated heterocycles. The third-order valence-electron chi connectivity index (χ3n) is 6.47. The molecule has 1 aromatic carbocycles. The number of methoxy groups -OCH3 is 1. The number of hydrogen-bond donors (Lipinski definition) is 0. The van der Waals surface area contributed by atoms with E-state index in [-0.39, 0.29) is 16.7 Å². The van der Waals surface area contributed by atoms with Crippen molar-refractivity contribution in [1.82, 2.24) is 14.5 Å². The Morgan fingerprint density at radius 2 is 2.00 bits per heavy atom. The van der Waals surface area contributed by atoms with Crippen LogP contribution in [0.2, 0.25) is 0 Å². The van der Waals surface area contributed by atoms with E-state index in [1.807, 2.05) is 36.1 Å². The fourth-order valence-electron chi connectivity index (χ4n) is 4.67. The largest absolute Gasteiger partial charge is 0.497 e. The lowest BCUT2D eigenvalue weighted by molar-refractivity contribution is -0.134. The Balaban J connectivity index is 1.62. The number of aryl methyl sites for hydroxylation is 2. The van der Waals surface area contributed by atoms with Gasteiger partial charge >= 0.3 is 0 Å². The quantitative estimate of drug-likeness (QED) is 0.299. The number of carbonyl (C=O) groups excluding carboxylic acids is 1. The third kappa shape index (κ3) is 4.48. The van der Waals surface area contributed by atoms with E-state index >= 15 is 0 Å². The zero-order valence-corrected chi connectivity index (χ0v) is 21.2. The molecular formula is C25H29N3O4S2. The topological polar surface area (TPSA) is 73.7 Å². The Kier molecular flexibility index (Phi) is 6.94. The molecule has 0 spiro atoms. The average Bonchev–Trinajstić information content (AvgIpc) is 3.05. The van der Waals surface area contributed by atoms with E-state index in [1.165, 1.54) is 28.6 Å². The third-order valence-corrected chi connectivity index (χ3v) is 8.70. The molecule has 1 aliphatic heterocycles. The van der Waals surface area contributed by atoms with Gasteiger partial charge in [0, 0.05) is 24.0 Å². The standard InChI is InChI=1S/C25H29N3O4S2/c1-16(23(29)27-11-13-32-14-12-27)33-25-26-22-21(19-9-4-3-5-10-20(19)34-22)24(30)28(25)17-7-6-8-18(15-17)31-2/h6-8,15-16H,3-5,9-14H2,1-2H3. The predicted octanol–water partition coefficient (Wildman–Crippen LogP) is 4.06. The summed E-state index contributed by atoms with van der Waals surface area (Å²) >= 11 is 2.99. The number of thiophene rings is 1. The Labute approximate surface area is 207 Å². The molecule has 9 heteroatoms. The second-order valence-electron chi connectivity index (χ2n) is 8.68. The Hall–Kier alpha value is -2.36. The molecule has 7 nitrogen and oxygen atoms in total. The van der Waals surface area contributed by atoms with Crippen molar-refractivity contribution in [3.05, 3.63) is 45.1 Å². The smallest absolute Gasteiger partial charge is 0.267 e. The number of amides is 1. The van der Waals surface area contributed by atoms with E-state index in [9.17, 15) is 9.59 Å². The molecule has 0 bridgehead atoms. The highest BCUT2D eigenvalue weighted by Crippen LogP contribution is 2.35. The maximum atomic E-state index is 14.0. The maximum Gasteiger partial charge on any atom is 0.267 e. The number of rotatable bonds is 5. The molecule has 1 fully saturated rings. The van der Waals surface area contributed by atoms with E-state index in [4.69, 9.17) is 14.5 Å². The number of nitrogens with zero attached hydrogens (tertiary/aromatic N) is 3. The highest BCUT2D eigenvalue weighted by molar-refractivity contribution is 8.00. The monoisotopic (exact) mass is 499 g/mol. The Bertz CT molecular complexity index is 1260. The number of hydrogen-bond acceptors (Lipinski definition) is 7. The van der Waals surface area contributed by atoms with Gasteiger partial charge in [-0.15, -0.1) is 11.3 Å². The number of fused-ring (bicyclic) bond motifs is 3. The summed E-state index contributed by atoms with van der Waals surface area (Å²) in [7, 11) is 1.61. The van der Waals surface area contributed by atoms with Gasteiger partial charge in [0.1, 0.15) is 10.6 Å². The molecule has 3 heterocycles. The van der Waals surface area contributed by atoms with Gasteiger partial charge in [-0.2, -0.15) is 0 Å². The maximum absolute atomic E-state index is 14.0. The minimum Gasteiger partial charge on any atom is -0.497 e. The van der Waals surface area contributed by atoms with Crippen LogP contribution in [0.15, 0.2) is 34.2 Å². The van der Waals surface area contributed by atoms with Crippen LogP contribution in [0.1, 0.15) is 36.6 Å². The molecule has 34 heavy (non-hydrogen) atoms. The summed E-state index contributed by atoms with van der Waals surface area (Å²) in [6.45, 7) is 4.19. The van der Waals surface area contributed by atoms with Crippen LogP contribution in [0, 0.1) is 0 Å². The van der Waals surface area contributed by atoms with Crippen molar-refractivity contribution in [2.24, 2.45) is 0 Å². The van der Waals surface area contributed by atoms with E-state index in [0.29, 0.717) is 42.9 Å². The van der Waals surface area contributed by atoms with Crippen molar-refractivity contribution < 1.29 is 14.3 Å². The van der Waals surface area contributed by atoms with Gasteiger partial charge in [0.05, 0.1) is 36.6 Å². The molecule has 1 amide bonds. The summed E-state index contributed by atoms with van der Waals surface area (Å²) in [6, 6.07) is 7.46. The molecule has 180 valence electrons. The first-order valence-electron chi connectivity index (χ1n) is 11.8. The summed E-state index contributed by atoms with van der Waals surface area (Å²) in [5.41, 5.74) is 1.80. The zero-order valence-electron chi connectivity index (χ0n) is 19.5. The SMILES string of the molecule is COc1cccc(-n2c(SC(C)C(=O)N3CCOCC3)nc3sc4c(c3c2=O)CCCCC4)c1. The average molecular weight is 500 g/mol. The summed E-state index contributed by atoms with van der Waals surface area (Å²) < 4.78 is 12.5. The lowest BCUT2D eigenvalue weighted by atomic mass is 10.1. The van der Waals surface area contributed by atoms with Gasteiger partial charge in [0.25, 0.3) is 5.56 Å². The highest BCUT2D eigenvalue weighted by atomic mass is 32.2. The first kappa shape index (κ1) is 23.4. The molecule has 3 aromatic rings. The van der Waals surface area contributed by atoms with Gasteiger partial charge in [0.15, 0.2) is 5.16 Å². The molecular weight excluding hydrogens is 470 g/mol. The van der Waals surface area contributed by atoms with E-state index in [2.05, 4.69) is 0 Å². The van der Waals surface area contributed by atoms with Crippen LogP contribution in [0.5, 0.6) is 5.75 Å². The fourth-order valence-corrected chi connectivity index (χ4v) is 6.98. The van der Waals surface area contributed by atoms with Gasteiger partial charge in [-0.25, -0.2) is 4.98 Å². The van der Waals surface area contributed by atoms with Crippen LogP contribution in [0.3, 0.4) is 0 Å². The highest BCUT2D eigenvalue weighted by Gasteiger charge is 2.27. The van der Waals surface area contributed by atoms with Gasteiger partial charge in [0.2, 0.25) is 5.91 Å². The minimum atomic E-state index is -0.378. The van der Waals surface area contributed by atoms with Gasteiger partial charge in [-0.1, -0.05) is 24.2 Å². The normalized spacial score (nSPS) is 17.3. The fraction of sp³-hybridized carbons (Fsp3) is 0.480. The number of aromatic nitrogens is 2. The summed E-state index contributed by atoms with van der Waals surface area (Å²) in [4.78, 5) is 36.0. The second kappa shape index (κ2) is 10.1. The molecule has 0 radical (unpaired) electrons. The molecule has 0 saturated carbocycles. The first-order valence-corrected chi connectivity index (χ1v) is 13.5. The van der Waals surface area contributed by atoms with Gasteiger partial charge < -0.3 is 14.4 Å². The van der Waals surface area contributed by atoms with Crippen LogP contribution in [0.25, 0.3) is 15.9 Å². The molecule has 5 rings (SSSR count). The van der Waals surface area contributed by atoms with Crippen molar-refractivity contribution >= 4 is 39.2 Å². The molecule has 1 aliphatic carbocycles. The van der Waals surface area contributed by atoms with Crippen LogP contribution in [-0.2, 0) is 22.4 Å². The molecule has 2 aromatic heterocycles. The van der Waals surface area contributed by atoms with Gasteiger partial charge in [-0.3, -0.25) is 14.2 Å². The van der Waals surface area contributed by atoms with Crippen molar-refractivity contribution in [1.29, 1.82) is 0 Å². The lowest BCUT2D eigenvalue weighted by Gasteiger charge is -2.29. The number of thioether (sulfide) groups is 1.